The molecule has 0 saturated heterocycles. The maximum atomic E-state index is 6.37. The molecule has 0 rings (SSSR count). The second-order valence-corrected chi connectivity index (χ2v) is 13.9. The summed E-state index contributed by atoms with van der Waals surface area (Å²) in [6, 6.07) is 0. The van der Waals surface area contributed by atoms with Crippen LogP contribution in [-0.4, -0.2) is 40.4 Å². The van der Waals surface area contributed by atoms with Crippen LogP contribution >= 0.6 is 10.6 Å². The van der Waals surface area contributed by atoms with Gasteiger partial charge in [-0.25, -0.2) is 0 Å². The molecule has 0 aliphatic carbocycles. The molecular weight excluding hydrogens is 499 g/mol. The molecule has 0 spiro atoms. The summed E-state index contributed by atoms with van der Waals surface area (Å²) in [5.41, 5.74) is 0. The smallest absolute Gasteiger partial charge is 0.179 e. The van der Waals surface area contributed by atoms with Gasteiger partial charge in [-0.3, -0.25) is 8.37 Å². The van der Waals surface area contributed by atoms with Crippen molar-refractivity contribution in [2.45, 2.75) is 189 Å². The Labute approximate surface area is 252 Å². The molecule has 2 atom stereocenters. The summed E-state index contributed by atoms with van der Waals surface area (Å²) in [4.78, 5) is 0. The van der Waals surface area contributed by atoms with Crippen LogP contribution in [0.4, 0.5) is 0 Å². The number of methoxy groups -OCH3 is 1. The zero-order valence-electron chi connectivity index (χ0n) is 28.6. The van der Waals surface area contributed by atoms with Crippen LogP contribution in [0.2, 0.25) is 6.32 Å². The van der Waals surface area contributed by atoms with Crippen LogP contribution in [0.5, 0.6) is 0 Å². The van der Waals surface area contributed by atoms with E-state index in [9.17, 15) is 0 Å². The van der Waals surface area contributed by atoms with E-state index in [1.807, 2.05) is 13.8 Å². The first-order valence-electron chi connectivity index (χ1n) is 17.2. The zero-order valence-corrected chi connectivity index (χ0v) is 29.4. The molecular formula is C34H75BO3S. The normalized spacial score (nSPS) is 13.2. The summed E-state index contributed by atoms with van der Waals surface area (Å²) in [5.74, 6) is 0.661. The number of unbranched alkanes of at least 4 members (excludes halogenated alkanes) is 14. The van der Waals surface area contributed by atoms with Crippen molar-refractivity contribution < 1.29 is 13.1 Å². The van der Waals surface area contributed by atoms with Crippen molar-refractivity contribution in [3.05, 3.63) is 0 Å². The lowest BCUT2D eigenvalue weighted by atomic mass is 9.95. The van der Waals surface area contributed by atoms with Crippen molar-refractivity contribution in [3.8, 4) is 0 Å². The molecule has 0 N–H and O–H groups in total. The molecule has 39 heavy (non-hydrogen) atoms. The molecule has 5 heteroatoms. The van der Waals surface area contributed by atoms with Crippen LogP contribution in [0.15, 0.2) is 0 Å². The van der Waals surface area contributed by atoms with Gasteiger partial charge in [0, 0.05) is 26.0 Å². The summed E-state index contributed by atoms with van der Waals surface area (Å²) in [6.45, 7) is 13.9. The van der Waals surface area contributed by atoms with E-state index in [4.69, 9.17) is 20.9 Å². The zero-order chi connectivity index (χ0) is 30.0. The fourth-order valence-corrected chi connectivity index (χ4v) is 5.71. The molecule has 2 radical (unpaired) electrons. The fraction of sp³-hybridized carbons (Fsp3) is 1.00. The fourth-order valence-electron chi connectivity index (χ4n) is 4.44. The lowest BCUT2D eigenvalue weighted by Gasteiger charge is -2.39. The highest BCUT2D eigenvalue weighted by Gasteiger charge is 2.19. The molecule has 0 heterocycles. The van der Waals surface area contributed by atoms with Crippen molar-refractivity contribution in [2.24, 2.45) is 5.92 Å². The SMILES string of the molecule is CC.CCCCCCC.[B]CCCCCC(OC)OS(C)(C)OCC(CCCCCC)CCCCCCCC. The standard InChI is InChI=1S/C25H53BO3S.C7H16.C2H6/c1-6-8-10-12-13-16-20-24(19-15-11-9-7-2)23-28-30(4,5)29-25(27-3)21-17-14-18-22-26;1-3-5-7-6-4-2;1-2/h24-25H,6-23H2,1-5H3;3-7H2,1-2H3;1-2H3. The van der Waals surface area contributed by atoms with Gasteiger partial charge in [-0.1, -0.05) is 157 Å². The summed E-state index contributed by atoms with van der Waals surface area (Å²) in [5, 5.41) is 0. The topological polar surface area (TPSA) is 27.7 Å². The van der Waals surface area contributed by atoms with E-state index >= 15 is 0 Å². The minimum absolute atomic E-state index is 0.172. The summed E-state index contributed by atoms with van der Waals surface area (Å²) in [7, 11) is 5.76. The Morgan fingerprint density at radius 2 is 0.949 bits per heavy atom. The predicted octanol–water partition coefficient (Wildman–Crippen LogP) is 12.4. The third-order valence-electron chi connectivity index (χ3n) is 6.97. The van der Waals surface area contributed by atoms with Gasteiger partial charge in [0.15, 0.2) is 6.29 Å². The molecule has 0 aromatic carbocycles. The number of ether oxygens (including phenoxy) is 1. The molecule has 0 aromatic rings. The number of rotatable bonds is 27. The largest absolute Gasteiger partial charge is 0.354 e. The van der Waals surface area contributed by atoms with Gasteiger partial charge < -0.3 is 4.74 Å². The maximum Gasteiger partial charge on any atom is 0.179 e. The molecule has 2 unspecified atom stereocenters. The van der Waals surface area contributed by atoms with Gasteiger partial charge in [0.25, 0.3) is 0 Å². The number of hydrogen-bond donors (Lipinski definition) is 0. The molecule has 238 valence electrons. The van der Waals surface area contributed by atoms with Crippen molar-refractivity contribution >= 4 is 18.4 Å². The van der Waals surface area contributed by atoms with Crippen LogP contribution in [0.25, 0.3) is 0 Å². The Hall–Kier alpha value is 0.295. The van der Waals surface area contributed by atoms with E-state index in [1.165, 1.54) is 109 Å². The first kappa shape index (κ1) is 43.7. The Kier molecular flexibility index (Phi) is 40.7. The van der Waals surface area contributed by atoms with Crippen LogP contribution in [0, 0.1) is 5.92 Å². The lowest BCUT2D eigenvalue weighted by molar-refractivity contribution is -0.0576. The lowest BCUT2D eigenvalue weighted by Crippen LogP contribution is -2.21. The van der Waals surface area contributed by atoms with Gasteiger partial charge in [0.1, 0.15) is 0 Å². The van der Waals surface area contributed by atoms with E-state index in [2.05, 4.69) is 40.2 Å². The highest BCUT2D eigenvalue weighted by atomic mass is 32.3. The van der Waals surface area contributed by atoms with Crippen molar-refractivity contribution in [3.63, 3.8) is 0 Å². The highest BCUT2D eigenvalue weighted by Crippen LogP contribution is 2.45. The van der Waals surface area contributed by atoms with Crippen molar-refractivity contribution in [2.75, 3.05) is 26.2 Å². The average molecular weight is 575 g/mol. The van der Waals surface area contributed by atoms with E-state index in [0.29, 0.717) is 5.92 Å². The molecule has 0 bridgehead atoms. The first-order chi connectivity index (χ1) is 18.9. The molecule has 3 nitrogen and oxygen atoms in total. The monoisotopic (exact) mass is 575 g/mol. The van der Waals surface area contributed by atoms with Crippen LogP contribution < -0.4 is 0 Å². The molecule has 0 aliphatic heterocycles. The van der Waals surface area contributed by atoms with Crippen molar-refractivity contribution in [1.82, 2.24) is 0 Å². The maximum absolute atomic E-state index is 6.37. The minimum atomic E-state index is -1.56. The second kappa shape index (κ2) is 36.3. The minimum Gasteiger partial charge on any atom is -0.354 e. The van der Waals surface area contributed by atoms with Crippen molar-refractivity contribution in [1.29, 1.82) is 0 Å². The quantitative estimate of drug-likeness (QED) is 0.0555. The van der Waals surface area contributed by atoms with Gasteiger partial charge >= 0.3 is 0 Å². The first-order valence-corrected chi connectivity index (χ1v) is 19.5. The number of hydrogen-bond acceptors (Lipinski definition) is 3. The average Bonchev–Trinajstić information content (AvgIpc) is 2.94. The molecule has 0 saturated carbocycles. The van der Waals surface area contributed by atoms with Gasteiger partial charge in [-0.2, -0.15) is 10.6 Å². The van der Waals surface area contributed by atoms with E-state index < -0.39 is 10.6 Å². The summed E-state index contributed by atoms with van der Waals surface area (Å²) in [6.07, 6.45) is 32.1. The van der Waals surface area contributed by atoms with E-state index in [1.54, 1.807) is 7.11 Å². The van der Waals surface area contributed by atoms with Gasteiger partial charge in [-0.05, 0) is 25.2 Å². The van der Waals surface area contributed by atoms with Gasteiger partial charge in [0.05, 0.1) is 14.5 Å². The molecule has 0 aliphatic rings. The Bertz CT molecular complexity index is 419. The van der Waals surface area contributed by atoms with Crippen LogP contribution in [0.3, 0.4) is 0 Å². The van der Waals surface area contributed by atoms with Crippen LogP contribution in [-0.2, 0) is 13.1 Å². The highest BCUT2D eigenvalue weighted by molar-refractivity contribution is 8.24. The summed E-state index contributed by atoms with van der Waals surface area (Å²) >= 11 is 0. The third-order valence-corrected chi connectivity index (χ3v) is 8.35. The predicted molar refractivity (Wildman–Crippen MR) is 182 cm³/mol. The van der Waals surface area contributed by atoms with Gasteiger partial charge in [-0.15, -0.1) is 0 Å². The van der Waals surface area contributed by atoms with Gasteiger partial charge in [0.2, 0.25) is 0 Å². The molecule has 0 aromatic heterocycles. The van der Waals surface area contributed by atoms with E-state index in [0.717, 1.165) is 38.6 Å². The Morgan fingerprint density at radius 3 is 1.41 bits per heavy atom. The third kappa shape index (κ3) is 36.3. The Morgan fingerprint density at radius 1 is 0.564 bits per heavy atom. The molecule has 0 fully saturated rings. The molecule has 0 amide bonds. The van der Waals surface area contributed by atoms with E-state index in [-0.39, 0.29) is 6.29 Å². The second-order valence-electron chi connectivity index (χ2n) is 11.2. The van der Waals surface area contributed by atoms with Crippen LogP contribution in [0.1, 0.15) is 176 Å². The Balaban J connectivity index is -0.00000124. The summed E-state index contributed by atoms with van der Waals surface area (Å²) < 4.78 is 18.2.